The predicted octanol–water partition coefficient (Wildman–Crippen LogP) is 2.80. The smallest absolute Gasteiger partial charge is 0.260 e. The van der Waals surface area contributed by atoms with Crippen molar-refractivity contribution >= 4 is 29.9 Å². The van der Waals surface area contributed by atoms with Gasteiger partial charge in [-0.25, -0.2) is 0 Å². The van der Waals surface area contributed by atoms with Gasteiger partial charge in [0, 0.05) is 35.8 Å². The average Bonchev–Trinajstić information content (AvgIpc) is 2.79. The van der Waals surface area contributed by atoms with Gasteiger partial charge in [0.15, 0.2) is 6.61 Å². The molecule has 2 saturated heterocycles. The maximum absolute atomic E-state index is 12.3. The number of halogens is 2. The molecule has 1 amide bonds. The van der Waals surface area contributed by atoms with Gasteiger partial charge in [-0.05, 0) is 38.3 Å². The van der Waals surface area contributed by atoms with Crippen LogP contribution in [-0.2, 0) is 4.79 Å². The molecular formula is C16H22Cl2N2O2. The van der Waals surface area contributed by atoms with Gasteiger partial charge in [-0.1, -0.05) is 17.7 Å². The van der Waals surface area contributed by atoms with E-state index < -0.39 is 0 Å². The number of likely N-dealkylation sites (tertiary alicyclic amines) is 1. The highest BCUT2D eigenvalue weighted by Gasteiger charge is 2.31. The summed E-state index contributed by atoms with van der Waals surface area (Å²) in [6, 6.07) is 6.55. The Morgan fingerprint density at radius 3 is 2.95 bits per heavy atom. The van der Waals surface area contributed by atoms with E-state index in [-0.39, 0.29) is 24.9 Å². The van der Waals surface area contributed by atoms with E-state index in [0.717, 1.165) is 25.1 Å². The molecule has 2 fully saturated rings. The average molecular weight is 345 g/mol. The Balaban J connectivity index is 0.00000176. The molecule has 4 nitrogen and oxygen atoms in total. The highest BCUT2D eigenvalue weighted by atomic mass is 35.5. The van der Waals surface area contributed by atoms with Crippen LogP contribution in [-0.4, -0.2) is 42.6 Å². The topological polar surface area (TPSA) is 41.6 Å². The number of ether oxygens (including phenoxy) is 1. The molecule has 22 heavy (non-hydrogen) atoms. The lowest BCUT2D eigenvalue weighted by Crippen LogP contribution is -2.41. The second kappa shape index (κ2) is 7.53. The van der Waals surface area contributed by atoms with Gasteiger partial charge < -0.3 is 15.0 Å². The molecule has 2 atom stereocenters. The lowest BCUT2D eigenvalue weighted by Gasteiger charge is -2.24. The van der Waals surface area contributed by atoms with E-state index in [4.69, 9.17) is 16.3 Å². The van der Waals surface area contributed by atoms with Gasteiger partial charge in [-0.3, -0.25) is 4.79 Å². The molecule has 2 bridgehead atoms. The maximum Gasteiger partial charge on any atom is 0.260 e. The standard InChI is InChI=1S/C16H21ClN2O2.ClH/c1-11-14(17)3-2-4-15(11)21-10-16(20)19-8-7-12-5-6-13(9-19)18-12;/h2-4,12-13,18H,5-10H2,1H3;1H. The van der Waals surface area contributed by atoms with Crippen molar-refractivity contribution in [3.05, 3.63) is 28.8 Å². The number of nitrogens with one attached hydrogen (secondary N) is 1. The van der Waals surface area contributed by atoms with E-state index in [1.54, 1.807) is 0 Å². The summed E-state index contributed by atoms with van der Waals surface area (Å²) in [6.45, 7) is 3.60. The SMILES string of the molecule is Cc1c(Cl)cccc1OCC(=O)N1CCC2CCC(C1)N2.Cl. The van der Waals surface area contributed by atoms with E-state index in [1.807, 2.05) is 30.0 Å². The van der Waals surface area contributed by atoms with E-state index in [0.29, 0.717) is 22.9 Å². The molecule has 1 aromatic carbocycles. The third kappa shape index (κ3) is 3.86. The van der Waals surface area contributed by atoms with Crippen molar-refractivity contribution in [2.75, 3.05) is 19.7 Å². The first-order chi connectivity index (χ1) is 10.1. The molecule has 0 saturated carbocycles. The fraction of sp³-hybridized carbons (Fsp3) is 0.562. The second-order valence-electron chi connectivity index (χ2n) is 5.92. The lowest BCUT2D eigenvalue weighted by atomic mass is 10.1. The normalized spacial score (nSPS) is 23.6. The minimum atomic E-state index is 0. The van der Waals surface area contributed by atoms with Gasteiger partial charge in [-0.2, -0.15) is 0 Å². The largest absolute Gasteiger partial charge is 0.483 e. The Labute approximate surface area is 142 Å². The molecule has 0 radical (unpaired) electrons. The van der Waals surface area contributed by atoms with Gasteiger partial charge in [0.2, 0.25) is 0 Å². The molecule has 3 rings (SSSR count). The summed E-state index contributed by atoms with van der Waals surface area (Å²) in [6.07, 6.45) is 3.45. The van der Waals surface area contributed by atoms with Crippen molar-refractivity contribution in [2.24, 2.45) is 0 Å². The van der Waals surface area contributed by atoms with Crippen LogP contribution < -0.4 is 10.1 Å². The number of nitrogens with zero attached hydrogens (tertiary/aromatic N) is 1. The Morgan fingerprint density at radius 2 is 2.14 bits per heavy atom. The second-order valence-corrected chi connectivity index (χ2v) is 6.33. The highest BCUT2D eigenvalue weighted by molar-refractivity contribution is 6.31. The van der Waals surface area contributed by atoms with Crippen molar-refractivity contribution in [2.45, 2.75) is 38.3 Å². The van der Waals surface area contributed by atoms with Gasteiger partial charge >= 0.3 is 0 Å². The molecule has 1 N–H and O–H groups in total. The van der Waals surface area contributed by atoms with Gasteiger partial charge in [0.05, 0.1) is 0 Å². The van der Waals surface area contributed by atoms with Crippen molar-refractivity contribution in [1.82, 2.24) is 10.2 Å². The van der Waals surface area contributed by atoms with Crippen LogP contribution in [0.25, 0.3) is 0 Å². The number of hydrogen-bond donors (Lipinski definition) is 1. The third-order valence-corrected chi connectivity index (χ3v) is 4.85. The number of carbonyl (C=O) groups is 1. The van der Waals surface area contributed by atoms with Crippen LogP contribution in [0.4, 0.5) is 0 Å². The quantitative estimate of drug-likeness (QED) is 0.916. The molecule has 2 heterocycles. The number of rotatable bonds is 3. The van der Waals surface area contributed by atoms with Gasteiger partial charge in [0.25, 0.3) is 5.91 Å². The molecule has 2 aliphatic rings. The molecule has 0 spiro atoms. The lowest BCUT2D eigenvalue weighted by molar-refractivity contribution is -0.133. The monoisotopic (exact) mass is 344 g/mol. The first-order valence-electron chi connectivity index (χ1n) is 7.55. The van der Waals surface area contributed by atoms with Crippen molar-refractivity contribution in [3.63, 3.8) is 0 Å². The number of hydrogen-bond acceptors (Lipinski definition) is 3. The summed E-state index contributed by atoms with van der Waals surface area (Å²) in [5, 5.41) is 4.24. The molecule has 122 valence electrons. The molecule has 0 aliphatic carbocycles. The summed E-state index contributed by atoms with van der Waals surface area (Å²) >= 11 is 6.06. The van der Waals surface area contributed by atoms with E-state index in [1.165, 1.54) is 12.8 Å². The number of amides is 1. The van der Waals surface area contributed by atoms with Crippen LogP contribution in [0.2, 0.25) is 5.02 Å². The van der Waals surface area contributed by atoms with Crippen LogP contribution >= 0.6 is 24.0 Å². The van der Waals surface area contributed by atoms with Crippen LogP contribution in [0, 0.1) is 6.92 Å². The summed E-state index contributed by atoms with van der Waals surface area (Å²) in [5.74, 6) is 0.744. The molecular weight excluding hydrogens is 323 g/mol. The zero-order chi connectivity index (χ0) is 14.8. The van der Waals surface area contributed by atoms with Crippen LogP contribution in [0.15, 0.2) is 18.2 Å². The summed E-state index contributed by atoms with van der Waals surface area (Å²) < 4.78 is 5.66. The summed E-state index contributed by atoms with van der Waals surface area (Å²) in [7, 11) is 0. The van der Waals surface area contributed by atoms with E-state index in [9.17, 15) is 4.79 Å². The molecule has 1 aromatic rings. The summed E-state index contributed by atoms with van der Waals surface area (Å²) in [5.41, 5.74) is 0.878. The minimum Gasteiger partial charge on any atom is -0.483 e. The van der Waals surface area contributed by atoms with E-state index in [2.05, 4.69) is 5.32 Å². The molecule has 2 unspecified atom stereocenters. The van der Waals surface area contributed by atoms with Gasteiger partial charge in [-0.15, -0.1) is 12.4 Å². The van der Waals surface area contributed by atoms with Crippen LogP contribution in [0.5, 0.6) is 5.75 Å². The molecule has 6 heteroatoms. The van der Waals surface area contributed by atoms with Crippen LogP contribution in [0.1, 0.15) is 24.8 Å². The number of benzene rings is 1. The maximum atomic E-state index is 12.3. The van der Waals surface area contributed by atoms with Crippen molar-refractivity contribution in [3.8, 4) is 5.75 Å². The summed E-state index contributed by atoms with van der Waals surface area (Å²) in [4.78, 5) is 14.3. The van der Waals surface area contributed by atoms with Crippen molar-refractivity contribution in [1.29, 1.82) is 0 Å². The van der Waals surface area contributed by atoms with E-state index >= 15 is 0 Å². The predicted molar refractivity (Wildman–Crippen MR) is 90.1 cm³/mol. The Kier molecular flexibility index (Phi) is 5.95. The van der Waals surface area contributed by atoms with Crippen LogP contribution in [0.3, 0.4) is 0 Å². The Hall–Kier alpha value is -0.970. The number of carbonyl (C=O) groups excluding carboxylic acids is 1. The number of fused-ring (bicyclic) bond motifs is 2. The zero-order valence-corrected chi connectivity index (χ0v) is 14.3. The molecule has 0 aromatic heterocycles. The first-order valence-corrected chi connectivity index (χ1v) is 7.93. The minimum absolute atomic E-state index is 0. The molecule has 2 aliphatic heterocycles. The first kappa shape index (κ1) is 17.4. The van der Waals surface area contributed by atoms with Crippen molar-refractivity contribution < 1.29 is 9.53 Å². The zero-order valence-electron chi connectivity index (χ0n) is 12.7. The fourth-order valence-corrected chi connectivity index (χ4v) is 3.31. The fourth-order valence-electron chi connectivity index (χ4n) is 3.14. The Morgan fingerprint density at radius 1 is 1.36 bits per heavy atom. The Bertz CT molecular complexity index is 539. The van der Waals surface area contributed by atoms with Gasteiger partial charge in [0.1, 0.15) is 5.75 Å². The third-order valence-electron chi connectivity index (χ3n) is 4.45. The highest BCUT2D eigenvalue weighted by Crippen LogP contribution is 2.25.